The van der Waals surface area contributed by atoms with Crippen LogP contribution in [0.3, 0.4) is 0 Å². The zero-order valence-corrected chi connectivity index (χ0v) is 16.2. The number of carbonyl (C=O) groups is 2. The lowest BCUT2D eigenvalue weighted by molar-refractivity contribution is -0.780. The van der Waals surface area contributed by atoms with Gasteiger partial charge in [-0.05, 0) is 6.42 Å². The highest BCUT2D eigenvalue weighted by atomic mass is 16.4. The first-order valence-electron chi connectivity index (χ1n) is 10.1. The van der Waals surface area contributed by atoms with Crippen molar-refractivity contribution in [3.8, 4) is 0 Å². The van der Waals surface area contributed by atoms with Gasteiger partial charge in [0.2, 0.25) is 5.84 Å². The Balaban J connectivity index is 2.35. The molecule has 0 spiro atoms. The third kappa shape index (κ3) is 8.61. The van der Waals surface area contributed by atoms with Gasteiger partial charge in [-0.15, -0.1) is 0 Å². The van der Waals surface area contributed by atoms with Gasteiger partial charge in [0.1, 0.15) is 6.20 Å². The van der Waals surface area contributed by atoms with Gasteiger partial charge in [-0.3, -0.25) is 4.79 Å². The van der Waals surface area contributed by atoms with Crippen LogP contribution in [0.1, 0.15) is 84.0 Å². The van der Waals surface area contributed by atoms with E-state index in [9.17, 15) is 14.7 Å². The summed E-state index contributed by atoms with van der Waals surface area (Å²) in [5.74, 6) is -0.869. The van der Waals surface area contributed by atoms with Crippen molar-refractivity contribution in [2.45, 2.75) is 84.0 Å². The number of carboxylic acids is 2. The Morgan fingerprint density at radius 3 is 2.12 bits per heavy atom. The van der Waals surface area contributed by atoms with Crippen molar-refractivity contribution >= 4 is 17.8 Å². The number of unbranched alkanes of at least 4 members (excludes halogenated alkanes) is 8. The average molecular weight is 368 g/mol. The van der Waals surface area contributed by atoms with E-state index in [1.165, 1.54) is 44.9 Å². The summed E-state index contributed by atoms with van der Waals surface area (Å²) in [6, 6.07) is 0. The molecule has 0 aromatic heterocycles. The lowest BCUT2D eigenvalue weighted by Crippen LogP contribution is -2.50. The summed E-state index contributed by atoms with van der Waals surface area (Å²) in [5, 5.41) is 18.1. The van der Waals surface area contributed by atoms with Crippen molar-refractivity contribution in [3.05, 3.63) is 12.4 Å². The lowest BCUT2D eigenvalue weighted by atomic mass is 10.1. The van der Waals surface area contributed by atoms with Crippen molar-refractivity contribution in [2.24, 2.45) is 4.99 Å². The molecule has 1 aliphatic heterocycles. The van der Waals surface area contributed by atoms with Gasteiger partial charge in [-0.25, -0.2) is 14.3 Å². The van der Waals surface area contributed by atoms with E-state index in [4.69, 9.17) is 5.11 Å². The fourth-order valence-electron chi connectivity index (χ4n) is 3.51. The number of hydrogen-bond donors (Lipinski definition) is 2. The predicted molar refractivity (Wildman–Crippen MR) is 103 cm³/mol. The van der Waals surface area contributed by atoms with Crippen molar-refractivity contribution in [1.29, 1.82) is 0 Å². The van der Waals surface area contributed by atoms with Gasteiger partial charge in [-0.2, -0.15) is 0 Å². The molecule has 1 rings (SSSR count). The molecular weight excluding hydrogens is 332 g/mol. The third-order valence-electron chi connectivity index (χ3n) is 4.96. The molecule has 0 saturated heterocycles. The number of aliphatic imine (C=N–C) groups is 1. The molecule has 1 unspecified atom stereocenters. The van der Waals surface area contributed by atoms with Gasteiger partial charge in [0.05, 0.1) is 19.2 Å². The monoisotopic (exact) mass is 367 g/mol. The van der Waals surface area contributed by atoms with E-state index in [1.54, 1.807) is 12.4 Å². The van der Waals surface area contributed by atoms with E-state index in [0.29, 0.717) is 13.0 Å². The average Bonchev–Trinajstić information content (AvgIpc) is 2.94. The maximum atomic E-state index is 11.3. The van der Waals surface area contributed by atoms with Gasteiger partial charge < -0.3 is 10.2 Å². The van der Waals surface area contributed by atoms with Crippen LogP contribution in [-0.2, 0) is 9.59 Å². The number of nitrogens with zero attached hydrogens (tertiary/aromatic N) is 2. The van der Waals surface area contributed by atoms with Crippen LogP contribution >= 0.6 is 0 Å². The van der Waals surface area contributed by atoms with Crippen LogP contribution in [0.15, 0.2) is 17.4 Å². The molecule has 2 N–H and O–H groups in total. The Morgan fingerprint density at radius 2 is 1.54 bits per heavy atom. The van der Waals surface area contributed by atoms with Crippen LogP contribution in [0.5, 0.6) is 0 Å². The van der Waals surface area contributed by atoms with Crippen molar-refractivity contribution in [1.82, 2.24) is 0 Å². The lowest BCUT2D eigenvalue weighted by Gasteiger charge is -2.30. The Bertz CT molecular complexity index is 502. The number of hydrogen-bond acceptors (Lipinski definition) is 3. The van der Waals surface area contributed by atoms with E-state index in [-0.39, 0.29) is 17.4 Å². The molecule has 0 radical (unpaired) electrons. The summed E-state index contributed by atoms with van der Waals surface area (Å²) in [4.78, 5) is 26.5. The van der Waals surface area contributed by atoms with Gasteiger partial charge in [0.25, 0.3) is 0 Å². The van der Waals surface area contributed by atoms with Gasteiger partial charge in [0.15, 0.2) is 6.54 Å². The van der Waals surface area contributed by atoms with Gasteiger partial charge in [0, 0.05) is 12.8 Å². The van der Waals surface area contributed by atoms with E-state index in [1.807, 2.05) is 0 Å². The van der Waals surface area contributed by atoms with E-state index in [0.717, 1.165) is 25.1 Å². The molecule has 0 bridgehead atoms. The highest BCUT2D eigenvalue weighted by molar-refractivity contribution is 5.81. The smallest absolute Gasteiger partial charge is 0.360 e. The molecule has 6 heteroatoms. The van der Waals surface area contributed by atoms with E-state index in [2.05, 4.69) is 11.9 Å². The number of carboxylic acid groups (broad SMARTS) is 2. The summed E-state index contributed by atoms with van der Waals surface area (Å²) in [7, 11) is 0. The molecule has 0 aromatic rings. The first kappa shape index (κ1) is 22.4. The predicted octanol–water partition coefficient (Wildman–Crippen LogP) is 4.56. The first-order valence-corrected chi connectivity index (χ1v) is 10.1. The molecule has 0 aromatic carbocycles. The molecule has 0 aliphatic carbocycles. The van der Waals surface area contributed by atoms with Crippen LogP contribution in [0.2, 0.25) is 0 Å². The van der Waals surface area contributed by atoms with E-state index < -0.39 is 11.9 Å². The standard InChI is InChI=1S/C20H34N2O4/c1-2-3-4-5-6-7-8-9-10-12-18-21-14-16-22(18,17-20(25)26)15-11-13-19(23)24/h14,16H,2-13,15,17H2,1H3,(H-,23,24,25,26)/p+1. The first-order chi connectivity index (χ1) is 12.5. The minimum Gasteiger partial charge on any atom is -0.481 e. The fourth-order valence-corrected chi connectivity index (χ4v) is 3.51. The minimum absolute atomic E-state index is 0.0543. The number of quaternary nitrogens is 1. The summed E-state index contributed by atoms with van der Waals surface area (Å²) in [6.45, 7) is 2.64. The second kappa shape index (κ2) is 12.6. The summed E-state index contributed by atoms with van der Waals surface area (Å²) in [5.41, 5.74) is 0. The summed E-state index contributed by atoms with van der Waals surface area (Å²) in [6.07, 6.45) is 16.0. The maximum absolute atomic E-state index is 11.3. The van der Waals surface area contributed by atoms with Gasteiger partial charge >= 0.3 is 11.9 Å². The summed E-state index contributed by atoms with van der Waals surface area (Å²) < 4.78 is 0.180. The Hall–Kier alpha value is -1.69. The number of rotatable bonds is 16. The molecule has 1 atom stereocenters. The molecule has 6 nitrogen and oxygen atoms in total. The third-order valence-corrected chi connectivity index (χ3v) is 4.96. The molecule has 1 aliphatic rings. The number of aliphatic carboxylic acids is 2. The van der Waals surface area contributed by atoms with Crippen LogP contribution in [-0.4, -0.2) is 45.6 Å². The van der Waals surface area contributed by atoms with E-state index >= 15 is 0 Å². The fraction of sp³-hybridized carbons (Fsp3) is 0.750. The zero-order valence-electron chi connectivity index (χ0n) is 16.2. The molecular formula is C20H35N2O4+. The Morgan fingerprint density at radius 1 is 0.923 bits per heavy atom. The van der Waals surface area contributed by atoms with Crippen molar-refractivity contribution in [3.63, 3.8) is 0 Å². The number of amidine groups is 1. The molecule has 0 amide bonds. The van der Waals surface area contributed by atoms with Crippen molar-refractivity contribution in [2.75, 3.05) is 13.1 Å². The van der Waals surface area contributed by atoms with Crippen LogP contribution in [0.25, 0.3) is 0 Å². The molecule has 0 fully saturated rings. The second-order valence-electron chi connectivity index (χ2n) is 7.23. The van der Waals surface area contributed by atoms with Crippen LogP contribution < -0.4 is 0 Å². The van der Waals surface area contributed by atoms with Crippen molar-refractivity contribution < 1.29 is 24.3 Å². The summed E-state index contributed by atoms with van der Waals surface area (Å²) >= 11 is 0. The highest BCUT2D eigenvalue weighted by Gasteiger charge is 2.37. The molecule has 148 valence electrons. The quantitative estimate of drug-likeness (QED) is 0.309. The normalized spacial score (nSPS) is 18.9. The molecule has 26 heavy (non-hydrogen) atoms. The Kier molecular flexibility index (Phi) is 10.9. The van der Waals surface area contributed by atoms with Gasteiger partial charge in [-0.1, -0.05) is 58.3 Å². The zero-order chi connectivity index (χ0) is 19.3. The maximum Gasteiger partial charge on any atom is 0.360 e. The minimum atomic E-state index is -0.883. The SMILES string of the molecule is CCCCCCCCCCCC1=NC=C[N+]1(CCCC(=O)O)CC(=O)O. The van der Waals surface area contributed by atoms with Crippen LogP contribution in [0, 0.1) is 0 Å². The molecule has 1 heterocycles. The second-order valence-corrected chi connectivity index (χ2v) is 7.23. The Labute approximate surface area is 157 Å². The molecule has 0 saturated carbocycles. The van der Waals surface area contributed by atoms with Crippen LogP contribution in [0.4, 0.5) is 0 Å². The topological polar surface area (TPSA) is 87.0 Å². The highest BCUT2D eigenvalue weighted by Crippen LogP contribution is 2.23. The largest absolute Gasteiger partial charge is 0.481 e.